The number of ether oxygens (including phenoxy) is 1. The van der Waals surface area contributed by atoms with Gasteiger partial charge in [-0.3, -0.25) is 4.79 Å². The molecule has 196 valence electrons. The van der Waals surface area contributed by atoms with Gasteiger partial charge in [0, 0.05) is 43.4 Å². The number of hydrogen-bond donors (Lipinski definition) is 2. The minimum atomic E-state index is -0.298. The molecule has 0 atom stereocenters. The fraction of sp³-hybridized carbons (Fsp3) is 0.233. The minimum absolute atomic E-state index is 0.298. The second-order valence-corrected chi connectivity index (χ2v) is 9.42. The Labute approximate surface area is 224 Å². The SMILES string of the molecule is C=CC(=O)Nc1cc(Nc2ncc3cccc(-c4cccc(C)c4)c3n2)c(OC)cc1N(C)CCN(C)C. The maximum absolute atomic E-state index is 12.3. The number of anilines is 4. The predicted octanol–water partition coefficient (Wildman–Crippen LogP) is 5.48. The van der Waals surface area contributed by atoms with E-state index in [9.17, 15) is 4.79 Å². The zero-order valence-corrected chi connectivity index (χ0v) is 22.6. The number of benzene rings is 3. The third kappa shape index (κ3) is 6.10. The van der Waals surface area contributed by atoms with Gasteiger partial charge in [-0.25, -0.2) is 9.97 Å². The zero-order valence-electron chi connectivity index (χ0n) is 22.6. The highest BCUT2D eigenvalue weighted by Crippen LogP contribution is 2.38. The fourth-order valence-corrected chi connectivity index (χ4v) is 4.19. The van der Waals surface area contributed by atoms with Crippen LogP contribution < -0.4 is 20.3 Å². The number of aryl methyl sites for hydroxylation is 1. The van der Waals surface area contributed by atoms with Crippen molar-refractivity contribution in [2.24, 2.45) is 0 Å². The standard InChI is InChI=1S/C30H34N6O2/c1-7-28(37)32-24-17-25(27(38-6)18-26(24)36(5)15-14-35(3)4)33-30-31-19-22-12-9-13-23(29(22)34-30)21-11-8-10-20(2)16-21/h7-13,16-19H,1,14-15H2,2-6H3,(H,32,37)(H,31,33,34). The Morgan fingerprint density at radius 1 is 1.05 bits per heavy atom. The maximum Gasteiger partial charge on any atom is 0.247 e. The third-order valence-electron chi connectivity index (χ3n) is 6.24. The highest BCUT2D eigenvalue weighted by atomic mass is 16.5. The summed E-state index contributed by atoms with van der Waals surface area (Å²) >= 11 is 0. The number of rotatable bonds is 10. The normalized spacial score (nSPS) is 10.9. The largest absolute Gasteiger partial charge is 0.494 e. The van der Waals surface area contributed by atoms with Crippen molar-refractivity contribution in [1.29, 1.82) is 0 Å². The van der Waals surface area contributed by atoms with Gasteiger partial charge in [-0.2, -0.15) is 0 Å². The number of likely N-dealkylation sites (N-methyl/N-ethyl adjacent to an activating group) is 2. The van der Waals surface area contributed by atoms with Gasteiger partial charge in [0.1, 0.15) is 5.75 Å². The predicted molar refractivity (Wildman–Crippen MR) is 157 cm³/mol. The summed E-state index contributed by atoms with van der Waals surface area (Å²) in [4.78, 5) is 25.9. The average Bonchev–Trinajstić information content (AvgIpc) is 2.91. The summed E-state index contributed by atoms with van der Waals surface area (Å²) in [5.74, 6) is 0.725. The Bertz CT molecular complexity index is 1470. The summed E-state index contributed by atoms with van der Waals surface area (Å²) in [5.41, 5.74) is 6.23. The molecule has 38 heavy (non-hydrogen) atoms. The number of fused-ring (bicyclic) bond motifs is 1. The molecule has 0 bridgehead atoms. The summed E-state index contributed by atoms with van der Waals surface area (Å²) in [6.45, 7) is 7.27. The van der Waals surface area contributed by atoms with Crippen LogP contribution in [0.1, 0.15) is 5.56 Å². The van der Waals surface area contributed by atoms with Crippen LogP contribution in [0.25, 0.3) is 22.0 Å². The van der Waals surface area contributed by atoms with Crippen molar-refractivity contribution in [3.05, 3.63) is 79.0 Å². The van der Waals surface area contributed by atoms with Crippen LogP contribution in [0.15, 0.2) is 73.4 Å². The number of hydrogen-bond acceptors (Lipinski definition) is 7. The highest BCUT2D eigenvalue weighted by Gasteiger charge is 2.17. The van der Waals surface area contributed by atoms with Crippen LogP contribution in [0.2, 0.25) is 0 Å². The molecule has 0 spiro atoms. The lowest BCUT2D eigenvalue weighted by atomic mass is 10.0. The van der Waals surface area contributed by atoms with E-state index in [-0.39, 0.29) is 5.91 Å². The number of nitrogens with zero attached hydrogens (tertiary/aromatic N) is 4. The minimum Gasteiger partial charge on any atom is -0.494 e. The van der Waals surface area contributed by atoms with Crippen LogP contribution in [0.4, 0.5) is 23.0 Å². The number of methoxy groups -OCH3 is 1. The van der Waals surface area contributed by atoms with Gasteiger partial charge >= 0.3 is 0 Å². The van der Waals surface area contributed by atoms with E-state index in [1.165, 1.54) is 11.6 Å². The van der Waals surface area contributed by atoms with E-state index in [0.717, 1.165) is 40.8 Å². The molecule has 0 aliphatic heterocycles. The number of para-hydroxylation sites is 1. The molecule has 1 amide bonds. The number of carbonyl (C=O) groups is 1. The van der Waals surface area contributed by atoms with Gasteiger partial charge in [-0.1, -0.05) is 54.6 Å². The number of carbonyl (C=O) groups excluding carboxylic acids is 1. The molecule has 1 heterocycles. The molecule has 4 rings (SSSR count). The maximum atomic E-state index is 12.3. The quantitative estimate of drug-likeness (QED) is 0.273. The lowest BCUT2D eigenvalue weighted by Gasteiger charge is -2.26. The van der Waals surface area contributed by atoms with Crippen LogP contribution >= 0.6 is 0 Å². The molecule has 2 N–H and O–H groups in total. The average molecular weight is 511 g/mol. The van der Waals surface area contributed by atoms with E-state index in [0.29, 0.717) is 23.1 Å². The van der Waals surface area contributed by atoms with Crippen molar-refractivity contribution in [1.82, 2.24) is 14.9 Å². The lowest BCUT2D eigenvalue weighted by molar-refractivity contribution is -0.111. The topological polar surface area (TPSA) is 82.6 Å². The monoisotopic (exact) mass is 510 g/mol. The summed E-state index contributed by atoms with van der Waals surface area (Å²) in [5, 5.41) is 7.17. The molecule has 0 fully saturated rings. The Morgan fingerprint density at radius 2 is 1.84 bits per heavy atom. The van der Waals surface area contributed by atoms with Crippen molar-refractivity contribution in [2.75, 3.05) is 56.9 Å². The van der Waals surface area contributed by atoms with Gasteiger partial charge in [-0.15, -0.1) is 0 Å². The van der Waals surface area contributed by atoms with Gasteiger partial charge < -0.3 is 25.2 Å². The number of amides is 1. The lowest BCUT2D eigenvalue weighted by Crippen LogP contribution is -2.29. The second kappa shape index (κ2) is 11.7. The smallest absolute Gasteiger partial charge is 0.247 e. The van der Waals surface area contributed by atoms with Gasteiger partial charge in [0.15, 0.2) is 0 Å². The molecule has 3 aromatic carbocycles. The Morgan fingerprint density at radius 3 is 2.55 bits per heavy atom. The zero-order chi connectivity index (χ0) is 27.2. The molecule has 8 nitrogen and oxygen atoms in total. The van der Waals surface area contributed by atoms with Crippen LogP contribution in [-0.4, -0.2) is 62.1 Å². The Hall–Kier alpha value is -4.43. The van der Waals surface area contributed by atoms with Crippen LogP contribution in [0.5, 0.6) is 5.75 Å². The van der Waals surface area contributed by atoms with Gasteiger partial charge in [-0.05, 0) is 38.7 Å². The van der Waals surface area contributed by atoms with Crippen molar-refractivity contribution in [2.45, 2.75) is 6.92 Å². The highest BCUT2D eigenvalue weighted by molar-refractivity contribution is 6.02. The molecule has 0 unspecified atom stereocenters. The first-order valence-electron chi connectivity index (χ1n) is 12.4. The molecule has 0 aliphatic rings. The summed E-state index contributed by atoms with van der Waals surface area (Å²) in [7, 11) is 7.64. The first-order valence-corrected chi connectivity index (χ1v) is 12.4. The molecule has 0 radical (unpaired) electrons. The summed E-state index contributed by atoms with van der Waals surface area (Å²) in [6.07, 6.45) is 3.06. The van der Waals surface area contributed by atoms with E-state index < -0.39 is 0 Å². The molecular weight excluding hydrogens is 476 g/mol. The molecule has 0 saturated heterocycles. The van der Waals surface area contributed by atoms with E-state index in [1.807, 2.05) is 51.5 Å². The Kier molecular flexibility index (Phi) is 8.23. The van der Waals surface area contributed by atoms with Crippen molar-refractivity contribution < 1.29 is 9.53 Å². The molecule has 8 heteroatoms. The van der Waals surface area contributed by atoms with Crippen molar-refractivity contribution in [3.8, 4) is 16.9 Å². The van der Waals surface area contributed by atoms with E-state index in [1.54, 1.807) is 13.3 Å². The molecule has 0 saturated carbocycles. The van der Waals surface area contributed by atoms with E-state index in [2.05, 4.69) is 63.2 Å². The molecule has 1 aromatic heterocycles. The summed E-state index contributed by atoms with van der Waals surface area (Å²) in [6, 6.07) is 18.2. The van der Waals surface area contributed by atoms with E-state index >= 15 is 0 Å². The third-order valence-corrected chi connectivity index (χ3v) is 6.24. The van der Waals surface area contributed by atoms with Gasteiger partial charge in [0.25, 0.3) is 0 Å². The number of aromatic nitrogens is 2. The van der Waals surface area contributed by atoms with Gasteiger partial charge in [0.05, 0.1) is 29.7 Å². The Balaban J connectivity index is 1.75. The van der Waals surface area contributed by atoms with Crippen LogP contribution in [0, 0.1) is 6.92 Å². The molecule has 4 aromatic rings. The fourth-order valence-electron chi connectivity index (χ4n) is 4.19. The first kappa shape index (κ1) is 26.6. The molecular formula is C30H34N6O2. The van der Waals surface area contributed by atoms with Crippen LogP contribution in [0.3, 0.4) is 0 Å². The van der Waals surface area contributed by atoms with Crippen LogP contribution in [-0.2, 0) is 4.79 Å². The van der Waals surface area contributed by atoms with E-state index in [4.69, 9.17) is 9.72 Å². The van der Waals surface area contributed by atoms with Crippen molar-refractivity contribution >= 4 is 39.8 Å². The first-order chi connectivity index (χ1) is 18.3. The number of nitrogens with one attached hydrogen (secondary N) is 2. The molecule has 0 aliphatic carbocycles. The van der Waals surface area contributed by atoms with Gasteiger partial charge in [0.2, 0.25) is 11.9 Å². The second-order valence-electron chi connectivity index (χ2n) is 9.42. The summed E-state index contributed by atoms with van der Waals surface area (Å²) < 4.78 is 5.73. The van der Waals surface area contributed by atoms with Crippen molar-refractivity contribution in [3.63, 3.8) is 0 Å².